The van der Waals surface area contributed by atoms with Crippen LogP contribution in [0.15, 0.2) is 47.7 Å². The molecule has 1 fully saturated rings. The lowest BCUT2D eigenvalue weighted by molar-refractivity contribution is 0.454. The fourth-order valence-electron chi connectivity index (χ4n) is 4.55. The Morgan fingerprint density at radius 3 is 2.66 bits per heavy atom. The molecule has 1 atom stereocenters. The summed E-state index contributed by atoms with van der Waals surface area (Å²) in [5.41, 5.74) is 10.9. The van der Waals surface area contributed by atoms with Crippen molar-refractivity contribution in [2.75, 3.05) is 26.4 Å². The van der Waals surface area contributed by atoms with Gasteiger partial charge in [-0.25, -0.2) is 22.5 Å². The highest BCUT2D eigenvalue weighted by Crippen LogP contribution is 2.30. The minimum atomic E-state index is -3.34. The molecule has 5 rings (SSSR count). The van der Waals surface area contributed by atoms with E-state index in [-0.39, 0.29) is 18.3 Å². The van der Waals surface area contributed by atoms with Gasteiger partial charge in [-0.05, 0) is 30.7 Å². The monoisotopic (exact) mass is 494 g/mol. The van der Waals surface area contributed by atoms with Crippen molar-refractivity contribution in [2.24, 2.45) is 12.8 Å². The van der Waals surface area contributed by atoms with Gasteiger partial charge < -0.3 is 11.1 Å². The van der Waals surface area contributed by atoms with Crippen LogP contribution in [0.2, 0.25) is 0 Å². The molecule has 0 amide bonds. The van der Waals surface area contributed by atoms with Gasteiger partial charge in [0.05, 0.1) is 52.1 Å². The molecule has 0 aliphatic carbocycles. The van der Waals surface area contributed by atoms with Crippen LogP contribution in [0.5, 0.6) is 0 Å². The highest BCUT2D eigenvalue weighted by Gasteiger charge is 2.32. The van der Waals surface area contributed by atoms with E-state index in [1.54, 1.807) is 37.3 Å². The summed E-state index contributed by atoms with van der Waals surface area (Å²) >= 11 is 0. The molecule has 5 heterocycles. The molecule has 0 spiro atoms. The molecule has 1 aliphatic heterocycles. The first-order valence-electron chi connectivity index (χ1n) is 11.1. The van der Waals surface area contributed by atoms with Gasteiger partial charge >= 0.3 is 5.69 Å². The highest BCUT2D eigenvalue weighted by molar-refractivity contribution is 7.88. The lowest BCUT2D eigenvalue weighted by atomic mass is 10.1. The molecule has 4 aromatic heterocycles. The summed E-state index contributed by atoms with van der Waals surface area (Å²) in [6.45, 7) is 0.617. The van der Waals surface area contributed by atoms with Crippen LogP contribution in [0, 0.1) is 0 Å². The zero-order chi connectivity index (χ0) is 24.9. The van der Waals surface area contributed by atoms with Crippen LogP contribution in [0.3, 0.4) is 0 Å². The third-order valence-electron chi connectivity index (χ3n) is 6.38. The number of nitrogens with zero attached hydrogens (tertiary/aromatic N) is 6. The fourth-order valence-corrected chi connectivity index (χ4v) is 5.43. The highest BCUT2D eigenvalue weighted by atomic mass is 32.2. The molecule has 3 N–H and O–H groups in total. The van der Waals surface area contributed by atoms with E-state index in [1.165, 1.54) is 15.1 Å². The number of aromatic nitrogens is 5. The van der Waals surface area contributed by atoms with Gasteiger partial charge in [0.25, 0.3) is 0 Å². The SMILES string of the molecule is CN/C=C(\N)c1ccc(-c2ccc3ncc4c(c3n2)n(C2CCN(S(C)(=O)=O)C2)c(=O)n4C)cn1. The number of imidazole rings is 1. The summed E-state index contributed by atoms with van der Waals surface area (Å²) in [6, 6.07) is 7.13. The second-order valence-corrected chi connectivity index (χ2v) is 10.6. The Balaban J connectivity index is 1.65. The first-order chi connectivity index (χ1) is 16.7. The molecule has 0 bridgehead atoms. The molecule has 11 nitrogen and oxygen atoms in total. The van der Waals surface area contributed by atoms with Crippen LogP contribution in [-0.4, -0.2) is 63.2 Å². The minimum Gasteiger partial charge on any atom is -0.396 e. The molecular formula is C23H26N8O3S. The van der Waals surface area contributed by atoms with E-state index in [4.69, 9.17) is 10.7 Å². The first kappa shape index (κ1) is 23.0. The van der Waals surface area contributed by atoms with Gasteiger partial charge in [0.2, 0.25) is 10.0 Å². The first-order valence-corrected chi connectivity index (χ1v) is 13.0. The Morgan fingerprint density at radius 2 is 2.00 bits per heavy atom. The van der Waals surface area contributed by atoms with Crippen molar-refractivity contribution in [3.8, 4) is 11.3 Å². The number of rotatable bonds is 5. The molecule has 0 radical (unpaired) electrons. The quantitative estimate of drug-likeness (QED) is 0.419. The Bertz CT molecular complexity index is 1640. The zero-order valence-electron chi connectivity index (χ0n) is 19.6. The van der Waals surface area contributed by atoms with E-state index in [1.807, 2.05) is 24.3 Å². The van der Waals surface area contributed by atoms with E-state index >= 15 is 0 Å². The summed E-state index contributed by atoms with van der Waals surface area (Å²) in [6.07, 6.45) is 6.76. The number of aryl methyl sites for hydroxylation is 1. The third-order valence-corrected chi connectivity index (χ3v) is 7.65. The number of hydrogen-bond donors (Lipinski definition) is 2. The van der Waals surface area contributed by atoms with E-state index in [9.17, 15) is 13.2 Å². The molecule has 1 aliphatic rings. The van der Waals surface area contributed by atoms with Crippen LogP contribution in [0.25, 0.3) is 39.0 Å². The predicted octanol–water partition coefficient (Wildman–Crippen LogP) is 1.03. The fraction of sp³-hybridized carbons (Fsp3) is 0.304. The molecular weight excluding hydrogens is 468 g/mol. The normalized spacial score (nSPS) is 17.5. The summed E-state index contributed by atoms with van der Waals surface area (Å²) in [7, 11) is 0.112. The smallest absolute Gasteiger partial charge is 0.329 e. The van der Waals surface area contributed by atoms with Crippen LogP contribution in [0.4, 0.5) is 0 Å². The maximum absolute atomic E-state index is 13.3. The van der Waals surface area contributed by atoms with Crippen LogP contribution >= 0.6 is 0 Å². The second kappa shape index (κ2) is 8.47. The molecule has 0 aromatic carbocycles. The summed E-state index contributed by atoms with van der Waals surface area (Å²) < 4.78 is 28.8. The zero-order valence-corrected chi connectivity index (χ0v) is 20.5. The summed E-state index contributed by atoms with van der Waals surface area (Å²) in [4.78, 5) is 27.1. The van der Waals surface area contributed by atoms with Crippen LogP contribution < -0.4 is 16.7 Å². The van der Waals surface area contributed by atoms with Gasteiger partial charge in [-0.1, -0.05) is 0 Å². The third kappa shape index (κ3) is 3.94. The number of fused-ring (bicyclic) bond motifs is 3. The van der Waals surface area contributed by atoms with Crippen molar-refractivity contribution < 1.29 is 8.42 Å². The molecule has 0 saturated carbocycles. The van der Waals surface area contributed by atoms with Gasteiger partial charge in [-0.3, -0.25) is 19.1 Å². The number of nitrogens with one attached hydrogen (secondary N) is 1. The van der Waals surface area contributed by atoms with E-state index < -0.39 is 10.0 Å². The van der Waals surface area contributed by atoms with Crippen molar-refractivity contribution in [2.45, 2.75) is 12.5 Å². The number of nitrogens with two attached hydrogens (primary N) is 1. The van der Waals surface area contributed by atoms with Gasteiger partial charge in [-0.15, -0.1) is 0 Å². The van der Waals surface area contributed by atoms with E-state index in [0.29, 0.717) is 52.1 Å². The largest absolute Gasteiger partial charge is 0.396 e. The van der Waals surface area contributed by atoms with Crippen LogP contribution in [0.1, 0.15) is 18.2 Å². The lowest BCUT2D eigenvalue weighted by Gasteiger charge is -2.15. The molecule has 4 aromatic rings. The molecule has 12 heteroatoms. The van der Waals surface area contributed by atoms with Crippen molar-refractivity contribution in [1.82, 2.24) is 33.7 Å². The van der Waals surface area contributed by atoms with Gasteiger partial charge in [-0.2, -0.15) is 0 Å². The maximum Gasteiger partial charge on any atom is 0.329 e. The lowest BCUT2D eigenvalue weighted by Crippen LogP contribution is -2.31. The molecule has 1 saturated heterocycles. The number of hydrogen-bond acceptors (Lipinski definition) is 8. The molecule has 182 valence electrons. The maximum atomic E-state index is 13.3. The topological polar surface area (TPSA) is 141 Å². The molecule has 1 unspecified atom stereocenters. The average Bonchev–Trinajstić information content (AvgIpc) is 3.43. The Morgan fingerprint density at radius 1 is 1.20 bits per heavy atom. The van der Waals surface area contributed by atoms with E-state index in [0.717, 1.165) is 5.56 Å². The van der Waals surface area contributed by atoms with Crippen molar-refractivity contribution in [3.05, 3.63) is 59.0 Å². The second-order valence-electron chi connectivity index (χ2n) is 8.65. The summed E-state index contributed by atoms with van der Waals surface area (Å²) in [5, 5.41) is 2.88. The van der Waals surface area contributed by atoms with Crippen molar-refractivity contribution >= 4 is 37.8 Å². The number of pyridine rings is 3. The van der Waals surface area contributed by atoms with Gasteiger partial charge in [0, 0.05) is 45.1 Å². The van der Waals surface area contributed by atoms with Crippen LogP contribution in [-0.2, 0) is 17.1 Å². The minimum absolute atomic E-state index is 0.223. The van der Waals surface area contributed by atoms with Gasteiger partial charge in [0.1, 0.15) is 5.52 Å². The van der Waals surface area contributed by atoms with E-state index in [2.05, 4.69) is 15.3 Å². The Hall–Kier alpha value is -3.77. The Labute approximate surface area is 202 Å². The standard InChI is InChI=1S/C23H26N8O3S/c1-25-11-16(24)18-5-4-14(10-26-18)17-6-7-19-21(28-17)22-20(12-27-19)29(2)23(32)31(22)15-8-9-30(13-15)35(3,33)34/h4-7,10-12,15,25H,8-9,13,24H2,1-3H3/b16-11-. The predicted molar refractivity (Wildman–Crippen MR) is 135 cm³/mol. The van der Waals surface area contributed by atoms with Crippen molar-refractivity contribution in [1.29, 1.82) is 0 Å². The summed E-state index contributed by atoms with van der Waals surface area (Å²) in [5.74, 6) is 0. The number of sulfonamides is 1. The van der Waals surface area contributed by atoms with Crippen molar-refractivity contribution in [3.63, 3.8) is 0 Å². The molecule has 35 heavy (non-hydrogen) atoms. The Kier molecular flexibility index (Phi) is 5.56. The average molecular weight is 495 g/mol. The van der Waals surface area contributed by atoms with Gasteiger partial charge in [0.15, 0.2) is 0 Å².